The SMILES string of the molecule is CNCCN(C)C(=O)c1cccc(S(=O)(=O)N2CCOCC2)c1. The van der Waals surface area contributed by atoms with Crippen molar-refractivity contribution in [1.29, 1.82) is 0 Å². The first-order valence-corrected chi connectivity index (χ1v) is 8.99. The van der Waals surface area contributed by atoms with Gasteiger partial charge in [-0.3, -0.25) is 4.79 Å². The Morgan fingerprint density at radius 3 is 2.70 bits per heavy atom. The summed E-state index contributed by atoms with van der Waals surface area (Å²) < 4.78 is 31.9. The van der Waals surface area contributed by atoms with Gasteiger partial charge in [0, 0.05) is 38.8 Å². The lowest BCUT2D eigenvalue weighted by Crippen LogP contribution is -2.40. The normalized spacial score (nSPS) is 16.3. The monoisotopic (exact) mass is 341 g/mol. The Balaban J connectivity index is 2.20. The Morgan fingerprint density at radius 2 is 2.04 bits per heavy atom. The Bertz CT molecular complexity index is 642. The lowest BCUT2D eigenvalue weighted by molar-refractivity contribution is 0.0730. The molecule has 1 fully saturated rings. The molecule has 0 saturated carbocycles. The molecule has 0 unspecified atom stereocenters. The van der Waals surface area contributed by atoms with Crippen LogP contribution in [0.15, 0.2) is 29.2 Å². The summed E-state index contributed by atoms with van der Waals surface area (Å²) in [7, 11) is -0.0799. The Kier molecular flexibility index (Phi) is 6.11. The highest BCUT2D eigenvalue weighted by Gasteiger charge is 2.27. The molecule has 1 aliphatic heterocycles. The first-order chi connectivity index (χ1) is 11.0. The maximum Gasteiger partial charge on any atom is 0.253 e. The maximum atomic E-state index is 12.6. The van der Waals surface area contributed by atoms with E-state index in [4.69, 9.17) is 4.74 Å². The molecule has 8 heteroatoms. The zero-order valence-corrected chi connectivity index (χ0v) is 14.3. The van der Waals surface area contributed by atoms with E-state index in [2.05, 4.69) is 5.32 Å². The Labute approximate surface area is 137 Å². The van der Waals surface area contributed by atoms with Crippen LogP contribution >= 0.6 is 0 Å². The quantitative estimate of drug-likeness (QED) is 0.788. The number of amides is 1. The highest BCUT2D eigenvalue weighted by Crippen LogP contribution is 2.19. The van der Waals surface area contributed by atoms with E-state index in [9.17, 15) is 13.2 Å². The van der Waals surface area contributed by atoms with E-state index in [0.717, 1.165) is 0 Å². The molecule has 1 aromatic carbocycles. The third-order valence-electron chi connectivity index (χ3n) is 3.73. The second-order valence-electron chi connectivity index (χ2n) is 5.37. The van der Waals surface area contributed by atoms with Gasteiger partial charge < -0.3 is 15.0 Å². The molecule has 0 aromatic heterocycles. The number of sulfonamides is 1. The van der Waals surface area contributed by atoms with E-state index >= 15 is 0 Å². The molecule has 2 rings (SSSR count). The topological polar surface area (TPSA) is 79.0 Å². The fraction of sp³-hybridized carbons (Fsp3) is 0.533. The van der Waals surface area contributed by atoms with Crippen LogP contribution < -0.4 is 5.32 Å². The minimum atomic E-state index is -3.59. The first kappa shape index (κ1) is 17.9. The molecule has 1 aromatic rings. The van der Waals surface area contributed by atoms with Crippen molar-refractivity contribution in [2.75, 3.05) is 53.5 Å². The van der Waals surface area contributed by atoms with Crippen LogP contribution in [0.1, 0.15) is 10.4 Å². The van der Waals surface area contributed by atoms with Crippen molar-refractivity contribution in [3.63, 3.8) is 0 Å². The summed E-state index contributed by atoms with van der Waals surface area (Å²) in [5, 5.41) is 2.98. The summed E-state index contributed by atoms with van der Waals surface area (Å²) in [6.07, 6.45) is 0. The Hall–Kier alpha value is -1.48. The molecule has 1 saturated heterocycles. The van der Waals surface area contributed by atoms with Gasteiger partial charge in [-0.15, -0.1) is 0 Å². The van der Waals surface area contributed by atoms with Crippen molar-refractivity contribution in [1.82, 2.24) is 14.5 Å². The summed E-state index contributed by atoms with van der Waals surface area (Å²) in [5.41, 5.74) is 0.373. The average molecular weight is 341 g/mol. The van der Waals surface area contributed by atoms with Gasteiger partial charge in [-0.2, -0.15) is 4.31 Å². The van der Waals surface area contributed by atoms with E-state index in [1.165, 1.54) is 16.4 Å². The Morgan fingerprint density at radius 1 is 1.35 bits per heavy atom. The zero-order valence-electron chi connectivity index (χ0n) is 13.5. The number of morpholine rings is 1. The predicted octanol–water partition coefficient (Wildman–Crippen LogP) is -0.00110. The highest BCUT2D eigenvalue weighted by molar-refractivity contribution is 7.89. The van der Waals surface area contributed by atoms with Crippen molar-refractivity contribution < 1.29 is 17.9 Å². The van der Waals surface area contributed by atoms with Gasteiger partial charge >= 0.3 is 0 Å². The number of nitrogens with one attached hydrogen (secondary N) is 1. The third-order valence-corrected chi connectivity index (χ3v) is 5.63. The van der Waals surface area contributed by atoms with Crippen LogP contribution in [0.4, 0.5) is 0 Å². The van der Waals surface area contributed by atoms with Crippen molar-refractivity contribution in [2.45, 2.75) is 4.90 Å². The summed E-state index contributed by atoms with van der Waals surface area (Å²) in [4.78, 5) is 14.1. The molecule has 0 radical (unpaired) electrons. The van der Waals surface area contributed by atoms with Crippen LogP contribution in [0.25, 0.3) is 0 Å². The molecule has 1 amide bonds. The van der Waals surface area contributed by atoms with Crippen LogP contribution in [0.3, 0.4) is 0 Å². The molecule has 0 aliphatic carbocycles. The van der Waals surface area contributed by atoms with E-state index in [1.807, 2.05) is 7.05 Å². The van der Waals surface area contributed by atoms with Crippen LogP contribution in [0.2, 0.25) is 0 Å². The smallest absolute Gasteiger partial charge is 0.253 e. The van der Waals surface area contributed by atoms with Gasteiger partial charge in [0.2, 0.25) is 10.0 Å². The number of carbonyl (C=O) groups excluding carboxylic acids is 1. The maximum absolute atomic E-state index is 12.6. The molecule has 128 valence electrons. The number of hydrogen-bond acceptors (Lipinski definition) is 5. The second kappa shape index (κ2) is 7.87. The standard InChI is InChI=1S/C15H23N3O4S/c1-16-6-7-17(2)15(19)13-4-3-5-14(12-13)23(20,21)18-8-10-22-11-9-18/h3-5,12,16H,6-11H2,1-2H3. The fourth-order valence-corrected chi connectivity index (χ4v) is 3.78. The summed E-state index contributed by atoms with van der Waals surface area (Å²) >= 11 is 0. The molecule has 0 atom stereocenters. The second-order valence-corrected chi connectivity index (χ2v) is 7.31. The van der Waals surface area contributed by atoms with Crippen LogP contribution in [0.5, 0.6) is 0 Å². The summed E-state index contributed by atoms with van der Waals surface area (Å²) in [5.74, 6) is -0.195. The molecular weight excluding hydrogens is 318 g/mol. The molecular formula is C15H23N3O4S. The van der Waals surface area contributed by atoms with E-state index < -0.39 is 10.0 Å². The molecule has 1 aliphatic rings. The fourth-order valence-electron chi connectivity index (χ4n) is 2.33. The van der Waals surface area contributed by atoms with Gasteiger partial charge in [-0.25, -0.2) is 8.42 Å². The summed E-state index contributed by atoms with van der Waals surface area (Å²) in [6, 6.07) is 6.21. The van der Waals surface area contributed by atoms with Gasteiger partial charge in [-0.1, -0.05) is 6.07 Å². The van der Waals surface area contributed by atoms with Crippen molar-refractivity contribution >= 4 is 15.9 Å². The van der Waals surface area contributed by atoms with Crippen LogP contribution in [0, 0.1) is 0 Å². The van der Waals surface area contributed by atoms with Crippen LogP contribution in [-0.4, -0.2) is 77.0 Å². The predicted molar refractivity (Wildman–Crippen MR) is 86.9 cm³/mol. The largest absolute Gasteiger partial charge is 0.379 e. The van der Waals surface area contributed by atoms with E-state index in [0.29, 0.717) is 45.0 Å². The third kappa shape index (κ3) is 4.29. The number of benzene rings is 1. The minimum Gasteiger partial charge on any atom is -0.379 e. The minimum absolute atomic E-state index is 0.146. The first-order valence-electron chi connectivity index (χ1n) is 7.55. The molecule has 1 N–H and O–H groups in total. The molecule has 1 heterocycles. The van der Waals surface area contributed by atoms with Crippen molar-refractivity contribution in [2.24, 2.45) is 0 Å². The molecule has 7 nitrogen and oxygen atoms in total. The van der Waals surface area contributed by atoms with Crippen LogP contribution in [-0.2, 0) is 14.8 Å². The zero-order chi connectivity index (χ0) is 16.9. The average Bonchev–Trinajstić information content (AvgIpc) is 2.59. The van der Waals surface area contributed by atoms with Gasteiger partial charge in [0.05, 0.1) is 18.1 Å². The van der Waals surface area contributed by atoms with E-state index in [-0.39, 0.29) is 10.8 Å². The van der Waals surface area contributed by atoms with Gasteiger partial charge in [0.1, 0.15) is 0 Å². The number of ether oxygens (including phenoxy) is 1. The number of hydrogen-bond donors (Lipinski definition) is 1. The number of nitrogens with zero attached hydrogens (tertiary/aromatic N) is 2. The highest BCUT2D eigenvalue weighted by atomic mass is 32.2. The van der Waals surface area contributed by atoms with Crippen molar-refractivity contribution in [3.05, 3.63) is 29.8 Å². The van der Waals surface area contributed by atoms with Crippen molar-refractivity contribution in [3.8, 4) is 0 Å². The lowest BCUT2D eigenvalue weighted by atomic mass is 10.2. The van der Waals surface area contributed by atoms with Gasteiger partial charge in [-0.05, 0) is 25.2 Å². The van der Waals surface area contributed by atoms with E-state index in [1.54, 1.807) is 24.1 Å². The number of likely N-dealkylation sites (N-methyl/N-ethyl adjacent to an activating group) is 2. The lowest BCUT2D eigenvalue weighted by Gasteiger charge is -2.26. The summed E-state index contributed by atoms with van der Waals surface area (Å²) in [6.45, 7) is 2.68. The van der Waals surface area contributed by atoms with Gasteiger partial charge in [0.15, 0.2) is 0 Å². The van der Waals surface area contributed by atoms with Gasteiger partial charge in [0.25, 0.3) is 5.91 Å². The molecule has 0 spiro atoms. The molecule has 23 heavy (non-hydrogen) atoms. The number of rotatable bonds is 6. The molecule has 0 bridgehead atoms. The number of carbonyl (C=O) groups is 1.